The molecular formula is C18H21FN2O2S. The number of fused-ring (bicyclic) bond motifs is 1. The van der Waals surface area contributed by atoms with Crippen molar-refractivity contribution >= 4 is 15.7 Å². The Kier molecular flexibility index (Phi) is 4.87. The van der Waals surface area contributed by atoms with E-state index in [0.717, 1.165) is 37.9 Å². The summed E-state index contributed by atoms with van der Waals surface area (Å²) in [6, 6.07) is 10.5. The van der Waals surface area contributed by atoms with Crippen LogP contribution in [0.5, 0.6) is 0 Å². The highest BCUT2D eigenvalue weighted by Crippen LogP contribution is 2.33. The molecule has 0 radical (unpaired) electrons. The molecule has 1 aliphatic carbocycles. The van der Waals surface area contributed by atoms with E-state index >= 15 is 0 Å². The van der Waals surface area contributed by atoms with Gasteiger partial charge in [0.05, 0.1) is 4.90 Å². The Morgan fingerprint density at radius 2 is 1.92 bits per heavy atom. The normalized spacial score (nSPS) is 17.3. The Bertz CT molecular complexity index is 819. The number of hydrogen-bond acceptors (Lipinski definition) is 3. The first kappa shape index (κ1) is 16.9. The molecule has 0 aromatic heterocycles. The maximum Gasteiger partial charge on any atom is 0.261 e. The predicted molar refractivity (Wildman–Crippen MR) is 93.3 cm³/mol. The first-order chi connectivity index (χ1) is 11.5. The zero-order valence-electron chi connectivity index (χ0n) is 13.5. The standard InChI is InChI=1S/C18H21FN2O2S/c1-20-12-14-4-2-3-13-5-8-16(11-18(13)14)21-24(22,23)17-9-6-15(19)7-10-17/h5-11,14,20-21H,2-4,12H2,1H3/t14-/m0/s1. The molecule has 1 atom stereocenters. The lowest BCUT2D eigenvalue weighted by Crippen LogP contribution is -2.22. The molecule has 0 unspecified atom stereocenters. The topological polar surface area (TPSA) is 58.2 Å². The molecule has 1 aliphatic rings. The second kappa shape index (κ2) is 6.91. The van der Waals surface area contributed by atoms with Crippen molar-refractivity contribution in [3.8, 4) is 0 Å². The quantitative estimate of drug-likeness (QED) is 0.872. The highest BCUT2D eigenvalue weighted by molar-refractivity contribution is 7.92. The minimum atomic E-state index is -3.72. The van der Waals surface area contributed by atoms with Crippen LogP contribution in [0, 0.1) is 5.82 Å². The number of halogens is 1. The van der Waals surface area contributed by atoms with Crippen LogP contribution in [0.2, 0.25) is 0 Å². The van der Waals surface area contributed by atoms with E-state index in [-0.39, 0.29) is 4.90 Å². The molecule has 4 nitrogen and oxygen atoms in total. The SMILES string of the molecule is CNC[C@@H]1CCCc2ccc(NS(=O)(=O)c3ccc(F)cc3)cc21. The van der Waals surface area contributed by atoms with Crippen molar-refractivity contribution in [3.05, 3.63) is 59.4 Å². The second-order valence-corrected chi connectivity index (χ2v) is 7.80. The Labute approximate surface area is 142 Å². The van der Waals surface area contributed by atoms with Gasteiger partial charge in [0.15, 0.2) is 0 Å². The van der Waals surface area contributed by atoms with Crippen LogP contribution in [0.15, 0.2) is 47.4 Å². The molecule has 6 heteroatoms. The molecule has 128 valence electrons. The average molecular weight is 348 g/mol. The lowest BCUT2D eigenvalue weighted by atomic mass is 9.82. The van der Waals surface area contributed by atoms with E-state index in [2.05, 4.69) is 10.0 Å². The van der Waals surface area contributed by atoms with E-state index in [1.54, 1.807) is 6.07 Å². The predicted octanol–water partition coefficient (Wildman–Crippen LogP) is 3.27. The van der Waals surface area contributed by atoms with Gasteiger partial charge in [-0.05, 0) is 79.8 Å². The van der Waals surface area contributed by atoms with Crippen LogP contribution in [0.3, 0.4) is 0 Å². The summed E-state index contributed by atoms with van der Waals surface area (Å²) in [6.45, 7) is 0.876. The van der Waals surface area contributed by atoms with Crippen LogP contribution in [0.25, 0.3) is 0 Å². The van der Waals surface area contributed by atoms with E-state index < -0.39 is 15.8 Å². The lowest BCUT2D eigenvalue weighted by molar-refractivity contribution is 0.529. The van der Waals surface area contributed by atoms with Gasteiger partial charge < -0.3 is 5.32 Å². The Morgan fingerprint density at radius 3 is 2.62 bits per heavy atom. The van der Waals surface area contributed by atoms with Crippen molar-refractivity contribution in [3.63, 3.8) is 0 Å². The molecule has 0 bridgehead atoms. The van der Waals surface area contributed by atoms with Crippen molar-refractivity contribution in [1.82, 2.24) is 5.32 Å². The van der Waals surface area contributed by atoms with Crippen LogP contribution < -0.4 is 10.0 Å². The maximum absolute atomic E-state index is 13.0. The van der Waals surface area contributed by atoms with Gasteiger partial charge in [-0.2, -0.15) is 0 Å². The van der Waals surface area contributed by atoms with Gasteiger partial charge in [-0.25, -0.2) is 12.8 Å². The summed E-state index contributed by atoms with van der Waals surface area (Å²) in [5.74, 6) is -0.0633. The van der Waals surface area contributed by atoms with Crippen molar-refractivity contribution in [1.29, 1.82) is 0 Å². The number of aryl methyl sites for hydroxylation is 1. The number of anilines is 1. The smallest absolute Gasteiger partial charge is 0.261 e. The molecular weight excluding hydrogens is 327 g/mol. The van der Waals surface area contributed by atoms with Gasteiger partial charge in [0, 0.05) is 12.2 Å². The van der Waals surface area contributed by atoms with E-state index in [1.807, 2.05) is 19.2 Å². The summed E-state index contributed by atoms with van der Waals surface area (Å²) in [7, 11) is -1.79. The minimum absolute atomic E-state index is 0.0494. The molecule has 0 fully saturated rings. The first-order valence-corrected chi connectivity index (χ1v) is 9.54. The van der Waals surface area contributed by atoms with Crippen LogP contribution in [-0.4, -0.2) is 22.0 Å². The van der Waals surface area contributed by atoms with Gasteiger partial charge in [-0.15, -0.1) is 0 Å². The third kappa shape index (κ3) is 3.60. The fourth-order valence-corrected chi connectivity index (χ4v) is 4.30. The summed E-state index contributed by atoms with van der Waals surface area (Å²) < 4.78 is 40.5. The maximum atomic E-state index is 13.0. The fraction of sp³-hybridized carbons (Fsp3) is 0.333. The van der Waals surface area contributed by atoms with Gasteiger partial charge in [0.1, 0.15) is 5.82 Å². The molecule has 0 amide bonds. The van der Waals surface area contributed by atoms with Crippen molar-refractivity contribution in [2.24, 2.45) is 0 Å². The molecule has 0 saturated carbocycles. The average Bonchev–Trinajstić information content (AvgIpc) is 2.56. The van der Waals surface area contributed by atoms with Crippen LogP contribution in [0.1, 0.15) is 29.9 Å². The molecule has 24 heavy (non-hydrogen) atoms. The van der Waals surface area contributed by atoms with E-state index in [4.69, 9.17) is 0 Å². The van der Waals surface area contributed by atoms with Crippen molar-refractivity contribution in [2.75, 3.05) is 18.3 Å². The van der Waals surface area contributed by atoms with Gasteiger partial charge in [0.25, 0.3) is 10.0 Å². The summed E-state index contributed by atoms with van der Waals surface area (Å²) in [5.41, 5.74) is 3.03. The number of sulfonamides is 1. The molecule has 2 N–H and O–H groups in total. The third-order valence-corrected chi connectivity index (χ3v) is 5.81. The third-order valence-electron chi connectivity index (χ3n) is 4.41. The summed E-state index contributed by atoms with van der Waals surface area (Å²) in [6.07, 6.45) is 3.28. The zero-order chi connectivity index (χ0) is 17.2. The Hall–Kier alpha value is -1.92. The number of nitrogens with one attached hydrogen (secondary N) is 2. The highest BCUT2D eigenvalue weighted by Gasteiger charge is 2.21. The molecule has 3 rings (SSSR count). The molecule has 0 saturated heterocycles. The van der Waals surface area contributed by atoms with Crippen LogP contribution in [-0.2, 0) is 16.4 Å². The zero-order valence-corrected chi connectivity index (χ0v) is 14.4. The van der Waals surface area contributed by atoms with E-state index in [9.17, 15) is 12.8 Å². The van der Waals surface area contributed by atoms with Gasteiger partial charge in [-0.3, -0.25) is 4.72 Å². The molecule has 0 heterocycles. The summed E-state index contributed by atoms with van der Waals surface area (Å²) in [4.78, 5) is 0.0494. The van der Waals surface area contributed by atoms with Gasteiger partial charge in [-0.1, -0.05) is 6.07 Å². The molecule has 0 aliphatic heterocycles. The first-order valence-electron chi connectivity index (χ1n) is 8.05. The molecule has 2 aromatic carbocycles. The fourth-order valence-electron chi connectivity index (χ4n) is 3.25. The van der Waals surface area contributed by atoms with Crippen LogP contribution in [0.4, 0.5) is 10.1 Å². The van der Waals surface area contributed by atoms with Gasteiger partial charge >= 0.3 is 0 Å². The number of rotatable bonds is 5. The van der Waals surface area contributed by atoms with Crippen molar-refractivity contribution < 1.29 is 12.8 Å². The molecule has 2 aromatic rings. The number of benzene rings is 2. The minimum Gasteiger partial charge on any atom is -0.319 e. The Balaban J connectivity index is 1.88. The molecule has 0 spiro atoms. The summed E-state index contributed by atoms with van der Waals surface area (Å²) in [5, 5.41) is 3.20. The van der Waals surface area contributed by atoms with Crippen LogP contribution >= 0.6 is 0 Å². The number of hydrogen-bond donors (Lipinski definition) is 2. The monoisotopic (exact) mass is 348 g/mol. The largest absolute Gasteiger partial charge is 0.319 e. The Morgan fingerprint density at radius 1 is 1.17 bits per heavy atom. The van der Waals surface area contributed by atoms with E-state index in [0.29, 0.717) is 11.6 Å². The van der Waals surface area contributed by atoms with Crippen molar-refractivity contribution in [2.45, 2.75) is 30.1 Å². The lowest BCUT2D eigenvalue weighted by Gasteiger charge is -2.26. The van der Waals surface area contributed by atoms with E-state index in [1.165, 1.54) is 23.3 Å². The van der Waals surface area contributed by atoms with Gasteiger partial charge in [0.2, 0.25) is 0 Å². The second-order valence-electron chi connectivity index (χ2n) is 6.12. The summed E-state index contributed by atoms with van der Waals surface area (Å²) >= 11 is 0. The highest BCUT2D eigenvalue weighted by atomic mass is 32.2. The number of likely N-dealkylation sites (N-methyl/N-ethyl adjacent to an activating group) is 1.